The highest BCUT2D eigenvalue weighted by Crippen LogP contribution is 2.34. The smallest absolute Gasteiger partial charge is 0.254 e. The fourth-order valence-electron chi connectivity index (χ4n) is 2.87. The molecule has 4 heteroatoms. The minimum Gasteiger partial charge on any atom is -0.394 e. The molecule has 1 amide bonds. The molecular formula is C14H20N2O2. The topological polar surface area (TPSA) is 53.4 Å². The number of nitrogens with zero attached hydrogens (tertiary/aromatic N) is 2. The number of rotatable bonds is 4. The molecule has 1 N–H and O–H groups in total. The van der Waals surface area contributed by atoms with Gasteiger partial charge in [0.05, 0.1) is 12.1 Å². The van der Waals surface area contributed by atoms with Crippen LogP contribution >= 0.6 is 0 Å². The molecule has 98 valence electrons. The van der Waals surface area contributed by atoms with Crippen LogP contribution in [0.1, 0.15) is 43.0 Å². The molecule has 0 aliphatic carbocycles. The maximum Gasteiger partial charge on any atom is 0.254 e. The van der Waals surface area contributed by atoms with Crippen LogP contribution in [0.25, 0.3) is 0 Å². The molecule has 0 saturated carbocycles. The summed E-state index contributed by atoms with van der Waals surface area (Å²) in [5.41, 5.74) is 0.301. The van der Waals surface area contributed by atoms with Crippen LogP contribution in [0.5, 0.6) is 0 Å². The first-order valence-corrected chi connectivity index (χ1v) is 6.56. The summed E-state index contributed by atoms with van der Waals surface area (Å²) in [4.78, 5) is 18.3. The standard InChI is InChI=1S/C14H20N2O2/c1-2-6-14(11-17)7-3-10-16(14)13(18)12-4-8-15-9-5-12/h4-5,8-9,17H,2-3,6-7,10-11H2,1H3. The SMILES string of the molecule is CCCC1(CO)CCCN1C(=O)c1ccncc1. The maximum absolute atomic E-state index is 12.5. The molecular weight excluding hydrogens is 228 g/mol. The lowest BCUT2D eigenvalue weighted by Crippen LogP contribution is -2.50. The van der Waals surface area contributed by atoms with E-state index in [-0.39, 0.29) is 18.1 Å². The van der Waals surface area contributed by atoms with Crippen LogP contribution in [0, 0.1) is 0 Å². The van der Waals surface area contributed by atoms with Gasteiger partial charge in [-0.05, 0) is 31.4 Å². The van der Waals surface area contributed by atoms with Crippen LogP contribution in [-0.4, -0.2) is 39.6 Å². The van der Waals surface area contributed by atoms with Crippen molar-refractivity contribution in [2.45, 2.75) is 38.1 Å². The summed E-state index contributed by atoms with van der Waals surface area (Å²) in [5, 5.41) is 9.71. The van der Waals surface area contributed by atoms with Crippen LogP contribution in [-0.2, 0) is 0 Å². The summed E-state index contributed by atoms with van der Waals surface area (Å²) < 4.78 is 0. The van der Waals surface area contributed by atoms with Crippen LogP contribution in [0.2, 0.25) is 0 Å². The molecule has 0 radical (unpaired) electrons. The van der Waals surface area contributed by atoms with E-state index in [0.717, 1.165) is 32.2 Å². The third-order valence-corrected chi connectivity index (χ3v) is 3.78. The summed E-state index contributed by atoms with van der Waals surface area (Å²) in [6.07, 6.45) is 6.96. The van der Waals surface area contributed by atoms with Gasteiger partial charge in [-0.2, -0.15) is 0 Å². The van der Waals surface area contributed by atoms with Crippen LogP contribution < -0.4 is 0 Å². The first-order chi connectivity index (χ1) is 8.73. The molecule has 1 aromatic rings. The van der Waals surface area contributed by atoms with Crippen molar-refractivity contribution in [2.24, 2.45) is 0 Å². The fraction of sp³-hybridized carbons (Fsp3) is 0.571. The van der Waals surface area contributed by atoms with E-state index in [1.807, 2.05) is 4.90 Å². The highest BCUT2D eigenvalue weighted by molar-refractivity contribution is 5.94. The summed E-state index contributed by atoms with van der Waals surface area (Å²) >= 11 is 0. The van der Waals surface area contributed by atoms with E-state index in [1.54, 1.807) is 24.5 Å². The molecule has 1 aromatic heterocycles. The largest absolute Gasteiger partial charge is 0.394 e. The van der Waals surface area contributed by atoms with Crippen molar-refractivity contribution in [3.05, 3.63) is 30.1 Å². The Morgan fingerprint density at radius 1 is 1.50 bits per heavy atom. The van der Waals surface area contributed by atoms with Gasteiger partial charge in [0, 0.05) is 24.5 Å². The zero-order valence-corrected chi connectivity index (χ0v) is 10.8. The van der Waals surface area contributed by atoms with E-state index in [9.17, 15) is 9.90 Å². The van der Waals surface area contributed by atoms with Gasteiger partial charge in [0.2, 0.25) is 0 Å². The summed E-state index contributed by atoms with van der Waals surface area (Å²) in [6, 6.07) is 3.46. The van der Waals surface area contributed by atoms with Crippen molar-refractivity contribution >= 4 is 5.91 Å². The number of carbonyl (C=O) groups excluding carboxylic acids is 1. The molecule has 2 rings (SSSR count). The van der Waals surface area contributed by atoms with Crippen molar-refractivity contribution in [3.8, 4) is 0 Å². The van der Waals surface area contributed by atoms with Gasteiger partial charge in [0.25, 0.3) is 5.91 Å². The third-order valence-electron chi connectivity index (χ3n) is 3.78. The van der Waals surface area contributed by atoms with Crippen molar-refractivity contribution in [1.82, 2.24) is 9.88 Å². The van der Waals surface area contributed by atoms with Gasteiger partial charge in [-0.1, -0.05) is 13.3 Å². The summed E-state index contributed by atoms with van der Waals surface area (Å²) in [7, 11) is 0. The normalized spacial score (nSPS) is 23.3. The Balaban J connectivity index is 2.24. The van der Waals surface area contributed by atoms with Gasteiger partial charge in [0.1, 0.15) is 0 Å². The molecule has 1 unspecified atom stereocenters. The van der Waals surface area contributed by atoms with Gasteiger partial charge in [-0.15, -0.1) is 0 Å². The number of hydrogen-bond acceptors (Lipinski definition) is 3. The first-order valence-electron chi connectivity index (χ1n) is 6.56. The van der Waals surface area contributed by atoms with Gasteiger partial charge in [-0.3, -0.25) is 9.78 Å². The van der Waals surface area contributed by atoms with E-state index in [2.05, 4.69) is 11.9 Å². The summed E-state index contributed by atoms with van der Waals surface area (Å²) in [6.45, 7) is 2.88. The predicted molar refractivity (Wildman–Crippen MR) is 69.2 cm³/mol. The zero-order valence-electron chi connectivity index (χ0n) is 10.8. The van der Waals surface area contributed by atoms with Crippen LogP contribution in [0.3, 0.4) is 0 Å². The van der Waals surface area contributed by atoms with Crippen molar-refractivity contribution in [3.63, 3.8) is 0 Å². The average molecular weight is 248 g/mol. The molecule has 18 heavy (non-hydrogen) atoms. The Hall–Kier alpha value is -1.42. The molecule has 1 atom stereocenters. The van der Waals surface area contributed by atoms with E-state index < -0.39 is 0 Å². The molecule has 1 aliphatic heterocycles. The summed E-state index contributed by atoms with van der Waals surface area (Å²) in [5.74, 6) is 0.0115. The Labute approximate surface area is 108 Å². The van der Waals surface area contributed by atoms with Gasteiger partial charge in [0.15, 0.2) is 0 Å². The number of amides is 1. The lowest BCUT2D eigenvalue weighted by molar-refractivity contribution is 0.0377. The number of aliphatic hydroxyl groups excluding tert-OH is 1. The monoisotopic (exact) mass is 248 g/mol. The molecule has 1 aliphatic rings. The quantitative estimate of drug-likeness (QED) is 0.884. The number of hydrogen-bond donors (Lipinski definition) is 1. The second kappa shape index (κ2) is 5.48. The van der Waals surface area contributed by atoms with E-state index in [4.69, 9.17) is 0 Å². The molecule has 1 fully saturated rings. The second-order valence-electron chi connectivity index (χ2n) is 4.93. The number of aliphatic hydroxyl groups is 1. The van der Waals surface area contributed by atoms with Crippen LogP contribution in [0.15, 0.2) is 24.5 Å². The first kappa shape index (κ1) is 13.0. The van der Waals surface area contributed by atoms with Crippen molar-refractivity contribution in [1.29, 1.82) is 0 Å². The van der Waals surface area contributed by atoms with Crippen LogP contribution in [0.4, 0.5) is 0 Å². The highest BCUT2D eigenvalue weighted by atomic mass is 16.3. The Morgan fingerprint density at radius 3 is 2.83 bits per heavy atom. The average Bonchev–Trinajstić information content (AvgIpc) is 2.83. The molecule has 1 saturated heterocycles. The highest BCUT2D eigenvalue weighted by Gasteiger charge is 2.42. The minimum absolute atomic E-state index is 0.0115. The lowest BCUT2D eigenvalue weighted by atomic mass is 9.91. The van der Waals surface area contributed by atoms with Crippen molar-refractivity contribution < 1.29 is 9.90 Å². The molecule has 0 aromatic carbocycles. The lowest BCUT2D eigenvalue weighted by Gasteiger charge is -2.37. The molecule has 0 bridgehead atoms. The Morgan fingerprint density at radius 2 is 2.22 bits per heavy atom. The van der Waals surface area contributed by atoms with Crippen molar-refractivity contribution in [2.75, 3.05) is 13.2 Å². The molecule has 2 heterocycles. The minimum atomic E-state index is -0.352. The maximum atomic E-state index is 12.5. The number of pyridine rings is 1. The van der Waals surface area contributed by atoms with Gasteiger partial charge in [-0.25, -0.2) is 0 Å². The molecule has 0 spiro atoms. The third kappa shape index (κ3) is 2.25. The van der Waals surface area contributed by atoms with E-state index >= 15 is 0 Å². The van der Waals surface area contributed by atoms with E-state index in [1.165, 1.54) is 0 Å². The number of likely N-dealkylation sites (tertiary alicyclic amines) is 1. The fourth-order valence-corrected chi connectivity index (χ4v) is 2.87. The molecule has 4 nitrogen and oxygen atoms in total. The van der Waals surface area contributed by atoms with E-state index in [0.29, 0.717) is 5.56 Å². The Bertz CT molecular complexity index is 408. The second-order valence-corrected chi connectivity index (χ2v) is 4.93. The van der Waals surface area contributed by atoms with Gasteiger partial charge >= 0.3 is 0 Å². The number of carbonyl (C=O) groups is 1. The number of aromatic nitrogens is 1. The predicted octanol–water partition coefficient (Wildman–Crippen LogP) is 1.85. The Kier molecular flexibility index (Phi) is 3.97. The zero-order chi connectivity index (χ0) is 13.0. The van der Waals surface area contributed by atoms with Gasteiger partial charge < -0.3 is 10.0 Å².